The van der Waals surface area contributed by atoms with Crippen LogP contribution in [0.25, 0.3) is 0 Å². The minimum atomic E-state index is -0.655. The molecule has 18 heavy (non-hydrogen) atoms. The van der Waals surface area contributed by atoms with Gasteiger partial charge >= 0.3 is 5.88 Å². The minimum Gasteiger partial charge on any atom is -0.395 e. The van der Waals surface area contributed by atoms with Crippen molar-refractivity contribution in [1.29, 1.82) is 0 Å². The summed E-state index contributed by atoms with van der Waals surface area (Å²) in [4.78, 5) is 23.5. The number of nitro groups is 1. The third-order valence-corrected chi connectivity index (χ3v) is 2.74. The van der Waals surface area contributed by atoms with Crippen molar-refractivity contribution in [2.45, 2.75) is 13.0 Å². The van der Waals surface area contributed by atoms with E-state index < -0.39 is 10.8 Å². The van der Waals surface area contributed by atoms with Crippen LogP contribution in [-0.2, 0) is 0 Å². The van der Waals surface area contributed by atoms with Crippen LogP contribution < -0.4 is 5.32 Å². The highest BCUT2D eigenvalue weighted by Crippen LogP contribution is 2.18. The topological polar surface area (TPSA) is 88.6 Å². The zero-order valence-electron chi connectivity index (χ0n) is 9.79. The summed E-state index contributed by atoms with van der Waals surface area (Å²) in [6.07, 6.45) is 0. The second-order valence-electron chi connectivity index (χ2n) is 3.95. The van der Waals surface area contributed by atoms with Gasteiger partial charge in [-0.25, -0.2) is 0 Å². The molecule has 1 aliphatic heterocycles. The highest BCUT2D eigenvalue weighted by molar-refractivity contribution is 5.92. The zero-order chi connectivity index (χ0) is 12.4. The number of amides is 1. The Morgan fingerprint density at radius 3 is 2.89 bits per heavy atom. The molecule has 1 saturated heterocycles. The summed E-state index contributed by atoms with van der Waals surface area (Å²) in [6.45, 7) is 3.93. The maximum absolute atomic E-state index is 12.0. The van der Waals surface area contributed by atoms with Gasteiger partial charge in [0.2, 0.25) is 0 Å². The van der Waals surface area contributed by atoms with Crippen LogP contribution in [0.3, 0.4) is 0 Å². The van der Waals surface area contributed by atoms with Crippen LogP contribution in [-0.4, -0.2) is 41.4 Å². The number of nitrogens with one attached hydrogen (secondary N) is 1. The lowest BCUT2D eigenvalue weighted by Gasteiger charge is -2.33. The van der Waals surface area contributed by atoms with Crippen LogP contribution in [0.4, 0.5) is 5.88 Å². The molecule has 0 aromatic carbocycles. The highest BCUT2D eigenvalue weighted by atomic mass is 35.5. The molecule has 8 heteroatoms. The molecule has 2 heterocycles. The molecular weight excluding hydrogens is 262 g/mol. The van der Waals surface area contributed by atoms with E-state index >= 15 is 0 Å². The molecular formula is C10H14ClN3O4. The summed E-state index contributed by atoms with van der Waals surface area (Å²) in [5.74, 6) is -0.686. The van der Waals surface area contributed by atoms with E-state index in [0.29, 0.717) is 13.1 Å². The minimum absolute atomic E-state index is 0. The summed E-state index contributed by atoms with van der Waals surface area (Å²) < 4.78 is 4.90. The molecule has 0 unspecified atom stereocenters. The SMILES string of the molecule is C[C@H]1CNCCN1C(=O)c1ccc([N+](=O)[O-])o1.Cl. The number of furan rings is 1. The average molecular weight is 276 g/mol. The first kappa shape index (κ1) is 14.5. The first-order valence-electron chi connectivity index (χ1n) is 5.35. The van der Waals surface area contributed by atoms with Crippen molar-refractivity contribution in [3.8, 4) is 0 Å². The summed E-state index contributed by atoms with van der Waals surface area (Å²) in [5, 5.41) is 13.6. The van der Waals surface area contributed by atoms with Gasteiger partial charge in [-0.1, -0.05) is 0 Å². The number of hydrogen-bond donors (Lipinski definition) is 1. The Morgan fingerprint density at radius 1 is 1.61 bits per heavy atom. The molecule has 0 saturated carbocycles. The van der Waals surface area contributed by atoms with Crippen molar-refractivity contribution in [3.63, 3.8) is 0 Å². The summed E-state index contributed by atoms with van der Waals surface area (Å²) >= 11 is 0. The van der Waals surface area contributed by atoms with E-state index in [-0.39, 0.29) is 30.1 Å². The summed E-state index contributed by atoms with van der Waals surface area (Å²) in [5.41, 5.74) is 0. The van der Waals surface area contributed by atoms with Gasteiger partial charge in [-0.15, -0.1) is 12.4 Å². The number of piperazine rings is 1. The van der Waals surface area contributed by atoms with E-state index in [2.05, 4.69) is 5.32 Å². The second-order valence-corrected chi connectivity index (χ2v) is 3.95. The molecule has 2 rings (SSSR count). The normalized spacial score (nSPS) is 19.2. The quantitative estimate of drug-likeness (QED) is 0.643. The van der Waals surface area contributed by atoms with Gasteiger partial charge in [-0.3, -0.25) is 14.9 Å². The van der Waals surface area contributed by atoms with Crippen molar-refractivity contribution in [1.82, 2.24) is 10.2 Å². The number of carbonyl (C=O) groups excluding carboxylic acids is 1. The van der Waals surface area contributed by atoms with Crippen LogP contribution in [0.5, 0.6) is 0 Å². The summed E-state index contributed by atoms with van der Waals surface area (Å²) in [6, 6.07) is 2.59. The highest BCUT2D eigenvalue weighted by Gasteiger charge is 2.27. The van der Waals surface area contributed by atoms with Crippen LogP contribution in [0.1, 0.15) is 17.5 Å². The Morgan fingerprint density at radius 2 is 2.33 bits per heavy atom. The Kier molecular flexibility index (Phi) is 4.69. The van der Waals surface area contributed by atoms with Crippen LogP contribution in [0.15, 0.2) is 16.5 Å². The molecule has 1 aliphatic rings. The van der Waals surface area contributed by atoms with Gasteiger partial charge in [0.15, 0.2) is 5.76 Å². The predicted molar refractivity (Wildman–Crippen MR) is 66.0 cm³/mol. The largest absolute Gasteiger partial charge is 0.433 e. The molecule has 0 bridgehead atoms. The monoisotopic (exact) mass is 275 g/mol. The van der Waals surface area contributed by atoms with E-state index in [1.807, 2.05) is 6.92 Å². The molecule has 1 aromatic heterocycles. The first-order valence-corrected chi connectivity index (χ1v) is 5.35. The van der Waals surface area contributed by atoms with Gasteiger partial charge in [0.25, 0.3) is 5.91 Å². The molecule has 7 nitrogen and oxygen atoms in total. The number of nitrogens with zero attached hydrogens (tertiary/aromatic N) is 2. The molecule has 1 atom stereocenters. The third-order valence-electron chi connectivity index (χ3n) is 2.74. The lowest BCUT2D eigenvalue weighted by molar-refractivity contribution is -0.402. The maximum Gasteiger partial charge on any atom is 0.433 e. The molecule has 1 fully saturated rings. The van der Waals surface area contributed by atoms with Crippen LogP contribution in [0, 0.1) is 10.1 Å². The zero-order valence-corrected chi connectivity index (χ0v) is 10.6. The van der Waals surface area contributed by atoms with Crippen molar-refractivity contribution in [2.24, 2.45) is 0 Å². The number of halogens is 1. The van der Waals surface area contributed by atoms with Crippen molar-refractivity contribution in [3.05, 3.63) is 28.0 Å². The Bertz CT molecular complexity index is 448. The van der Waals surface area contributed by atoms with E-state index in [1.165, 1.54) is 12.1 Å². The Balaban J connectivity index is 0.00000162. The molecule has 0 spiro atoms. The number of rotatable bonds is 2. The average Bonchev–Trinajstić information content (AvgIpc) is 2.78. The van der Waals surface area contributed by atoms with E-state index in [0.717, 1.165) is 6.54 Å². The standard InChI is InChI=1S/C10H13N3O4.ClH/c1-7-6-11-4-5-12(7)10(14)8-2-3-9(17-8)13(15)16;/h2-3,7,11H,4-6H2,1H3;1H/t7-;/m0./s1. The van der Waals surface area contributed by atoms with Crippen LogP contribution in [0.2, 0.25) is 0 Å². The maximum atomic E-state index is 12.0. The van der Waals surface area contributed by atoms with Gasteiger partial charge < -0.3 is 14.6 Å². The number of carbonyl (C=O) groups is 1. The lowest BCUT2D eigenvalue weighted by atomic mass is 10.2. The molecule has 0 radical (unpaired) electrons. The fourth-order valence-corrected chi connectivity index (χ4v) is 1.83. The molecule has 1 aromatic rings. The molecule has 1 amide bonds. The fraction of sp³-hybridized carbons (Fsp3) is 0.500. The van der Waals surface area contributed by atoms with Gasteiger partial charge in [0.1, 0.15) is 4.92 Å². The molecule has 1 N–H and O–H groups in total. The van der Waals surface area contributed by atoms with Crippen molar-refractivity contribution in [2.75, 3.05) is 19.6 Å². The fourth-order valence-electron chi connectivity index (χ4n) is 1.83. The van der Waals surface area contributed by atoms with Gasteiger partial charge in [-0.05, 0) is 13.0 Å². The van der Waals surface area contributed by atoms with Gasteiger partial charge in [0.05, 0.1) is 6.07 Å². The Hall–Kier alpha value is -1.60. The van der Waals surface area contributed by atoms with Crippen molar-refractivity contribution >= 4 is 24.2 Å². The van der Waals surface area contributed by atoms with Gasteiger partial charge in [-0.2, -0.15) is 0 Å². The first-order chi connectivity index (χ1) is 8.09. The molecule has 100 valence electrons. The predicted octanol–water partition coefficient (Wildman–Crippen LogP) is 1.04. The van der Waals surface area contributed by atoms with E-state index in [4.69, 9.17) is 4.42 Å². The van der Waals surface area contributed by atoms with Crippen LogP contribution >= 0.6 is 12.4 Å². The third kappa shape index (κ3) is 2.80. The van der Waals surface area contributed by atoms with E-state index in [9.17, 15) is 14.9 Å². The second kappa shape index (κ2) is 5.83. The summed E-state index contributed by atoms with van der Waals surface area (Å²) in [7, 11) is 0. The van der Waals surface area contributed by atoms with Crippen molar-refractivity contribution < 1.29 is 14.1 Å². The number of hydrogen-bond acceptors (Lipinski definition) is 5. The van der Waals surface area contributed by atoms with Gasteiger partial charge in [0, 0.05) is 25.7 Å². The Labute approximate surface area is 110 Å². The smallest absolute Gasteiger partial charge is 0.395 e. The lowest BCUT2D eigenvalue weighted by Crippen LogP contribution is -2.52. The van der Waals surface area contributed by atoms with E-state index in [1.54, 1.807) is 4.90 Å². The molecule has 0 aliphatic carbocycles.